The van der Waals surface area contributed by atoms with Crippen LogP contribution in [0.3, 0.4) is 0 Å². The van der Waals surface area contributed by atoms with E-state index in [1.165, 1.54) is 6.07 Å². The molecule has 0 aliphatic heterocycles. The molecule has 130 valence electrons. The Hall–Kier alpha value is -3.21. The van der Waals surface area contributed by atoms with Gasteiger partial charge in [-0.15, -0.1) is 0 Å². The Kier molecular flexibility index (Phi) is 4.13. The zero-order valence-corrected chi connectivity index (χ0v) is 14.5. The average molecular weight is 345 g/mol. The number of aromatic nitrogens is 2. The van der Waals surface area contributed by atoms with Crippen LogP contribution in [0.4, 0.5) is 0 Å². The van der Waals surface area contributed by atoms with Crippen molar-refractivity contribution in [3.8, 4) is 11.1 Å². The predicted octanol–water partition coefficient (Wildman–Crippen LogP) is 2.55. The maximum absolute atomic E-state index is 12.9. The van der Waals surface area contributed by atoms with Gasteiger partial charge in [0.2, 0.25) is 5.91 Å². The molecule has 1 aliphatic carbocycles. The van der Waals surface area contributed by atoms with Crippen molar-refractivity contribution >= 4 is 5.91 Å². The summed E-state index contributed by atoms with van der Waals surface area (Å²) < 4.78 is 0. The number of hydrogen-bond acceptors (Lipinski definition) is 3. The molecule has 0 radical (unpaired) electrons. The summed E-state index contributed by atoms with van der Waals surface area (Å²) in [5.41, 5.74) is 4.81. The van der Waals surface area contributed by atoms with Gasteiger partial charge in [-0.05, 0) is 29.2 Å². The minimum Gasteiger partial charge on any atom is -0.355 e. The lowest BCUT2D eigenvalue weighted by Gasteiger charge is -2.14. The highest BCUT2D eigenvalue weighted by Gasteiger charge is 2.32. The Balaban J connectivity index is 1.52. The highest BCUT2D eigenvalue weighted by molar-refractivity contribution is 5.96. The van der Waals surface area contributed by atoms with Crippen LogP contribution in [-0.2, 0) is 11.2 Å². The predicted molar refractivity (Wildman–Crippen MR) is 100 cm³/mol. The second-order valence-corrected chi connectivity index (χ2v) is 6.48. The van der Waals surface area contributed by atoms with E-state index in [-0.39, 0.29) is 17.4 Å². The molecule has 0 bridgehead atoms. The molecule has 1 heterocycles. The summed E-state index contributed by atoms with van der Waals surface area (Å²) in [6.45, 7) is 2.20. The summed E-state index contributed by atoms with van der Waals surface area (Å²) in [4.78, 5) is 31.4. The molecule has 1 aromatic heterocycles. The molecule has 0 fully saturated rings. The first-order valence-electron chi connectivity index (χ1n) is 8.66. The summed E-state index contributed by atoms with van der Waals surface area (Å²) in [5, 5.41) is 2.99. The molecule has 4 rings (SSSR count). The number of carbonyl (C=O) groups excluding carboxylic acids is 1. The quantitative estimate of drug-likeness (QED) is 0.763. The molecule has 0 saturated heterocycles. The molecule has 1 aliphatic rings. The first-order valence-corrected chi connectivity index (χ1v) is 8.66. The Morgan fingerprint density at radius 1 is 1.08 bits per heavy atom. The minimum atomic E-state index is -0.299. The van der Waals surface area contributed by atoms with Crippen LogP contribution >= 0.6 is 0 Å². The summed E-state index contributed by atoms with van der Waals surface area (Å²) >= 11 is 0. The molecular weight excluding hydrogens is 326 g/mol. The first kappa shape index (κ1) is 16.3. The Bertz CT molecular complexity index is 994. The average Bonchev–Trinajstić information content (AvgIpc) is 2.95. The van der Waals surface area contributed by atoms with Crippen molar-refractivity contribution < 1.29 is 4.79 Å². The number of H-pyrrole nitrogens is 1. The smallest absolute Gasteiger partial charge is 0.251 e. The molecule has 1 amide bonds. The molecule has 3 aromatic rings. The van der Waals surface area contributed by atoms with E-state index in [4.69, 9.17) is 0 Å². The Labute approximate surface area is 151 Å². The summed E-state index contributed by atoms with van der Waals surface area (Å²) in [6.07, 6.45) is 0.485. The number of hydrogen-bond donors (Lipinski definition) is 2. The summed E-state index contributed by atoms with van der Waals surface area (Å²) in [5.74, 6) is 0.256. The Morgan fingerprint density at radius 3 is 2.31 bits per heavy atom. The van der Waals surface area contributed by atoms with E-state index in [1.54, 1.807) is 6.92 Å². The number of carbonyl (C=O) groups is 1. The molecule has 0 spiro atoms. The standard InChI is InChI=1S/C21H19N3O2/c1-13-12-19(25)24-18(23-13)10-11-22-21(26)20-16-8-4-2-6-14(16)15-7-3-5-9-17(15)20/h2-9,12,20H,10-11H2,1H3,(H,22,26)(H,23,24,25). The number of benzene rings is 2. The second kappa shape index (κ2) is 6.59. The van der Waals surface area contributed by atoms with Gasteiger partial charge in [-0.25, -0.2) is 4.98 Å². The van der Waals surface area contributed by atoms with Crippen molar-refractivity contribution in [2.75, 3.05) is 6.54 Å². The third kappa shape index (κ3) is 2.92. The van der Waals surface area contributed by atoms with Crippen molar-refractivity contribution in [2.45, 2.75) is 19.3 Å². The van der Waals surface area contributed by atoms with Gasteiger partial charge in [0.05, 0.1) is 5.92 Å². The molecule has 0 unspecified atom stereocenters. The van der Waals surface area contributed by atoms with Crippen LogP contribution in [0.2, 0.25) is 0 Å². The lowest BCUT2D eigenvalue weighted by molar-refractivity contribution is -0.121. The fraction of sp³-hybridized carbons (Fsp3) is 0.190. The highest BCUT2D eigenvalue weighted by atomic mass is 16.2. The van der Waals surface area contributed by atoms with Crippen LogP contribution < -0.4 is 10.9 Å². The molecule has 5 heteroatoms. The fourth-order valence-electron chi connectivity index (χ4n) is 3.60. The molecule has 2 N–H and O–H groups in total. The van der Waals surface area contributed by atoms with Gasteiger partial charge >= 0.3 is 0 Å². The highest BCUT2D eigenvalue weighted by Crippen LogP contribution is 2.44. The molecule has 0 atom stereocenters. The van der Waals surface area contributed by atoms with Gasteiger partial charge in [-0.3, -0.25) is 9.59 Å². The summed E-state index contributed by atoms with van der Waals surface area (Å²) in [7, 11) is 0. The fourth-order valence-corrected chi connectivity index (χ4v) is 3.60. The molecule has 5 nitrogen and oxygen atoms in total. The SMILES string of the molecule is Cc1cc(=O)[nH]c(CCNC(=O)C2c3ccccc3-c3ccccc32)n1. The van der Waals surface area contributed by atoms with E-state index in [0.717, 1.165) is 22.3 Å². The van der Waals surface area contributed by atoms with E-state index in [1.807, 2.05) is 36.4 Å². The van der Waals surface area contributed by atoms with Gasteiger partial charge in [0.1, 0.15) is 5.82 Å². The zero-order chi connectivity index (χ0) is 18.1. The monoisotopic (exact) mass is 345 g/mol. The van der Waals surface area contributed by atoms with Crippen molar-refractivity contribution in [3.05, 3.63) is 87.6 Å². The number of rotatable bonds is 4. The van der Waals surface area contributed by atoms with E-state index in [2.05, 4.69) is 27.4 Å². The normalized spacial score (nSPS) is 12.5. The van der Waals surface area contributed by atoms with Crippen molar-refractivity contribution in [1.82, 2.24) is 15.3 Å². The van der Waals surface area contributed by atoms with Crippen molar-refractivity contribution in [1.29, 1.82) is 0 Å². The van der Waals surface area contributed by atoms with Crippen LogP contribution in [0.15, 0.2) is 59.4 Å². The van der Waals surface area contributed by atoms with E-state index in [0.29, 0.717) is 24.5 Å². The molecule has 0 saturated carbocycles. The van der Waals surface area contributed by atoms with E-state index in [9.17, 15) is 9.59 Å². The lowest BCUT2D eigenvalue weighted by atomic mass is 9.96. The number of nitrogens with zero attached hydrogens (tertiary/aromatic N) is 1. The van der Waals surface area contributed by atoms with Gasteiger partial charge in [-0.2, -0.15) is 0 Å². The maximum Gasteiger partial charge on any atom is 0.251 e. The summed E-state index contributed by atoms with van der Waals surface area (Å²) in [6, 6.07) is 17.5. The largest absolute Gasteiger partial charge is 0.355 e. The van der Waals surface area contributed by atoms with Crippen LogP contribution in [0, 0.1) is 6.92 Å². The third-order valence-electron chi connectivity index (χ3n) is 4.68. The maximum atomic E-state index is 12.9. The minimum absolute atomic E-state index is 0.0302. The number of nitrogens with one attached hydrogen (secondary N) is 2. The Morgan fingerprint density at radius 2 is 1.69 bits per heavy atom. The van der Waals surface area contributed by atoms with E-state index >= 15 is 0 Å². The van der Waals surface area contributed by atoms with Gasteiger partial charge < -0.3 is 10.3 Å². The van der Waals surface area contributed by atoms with Crippen LogP contribution in [0.5, 0.6) is 0 Å². The van der Waals surface area contributed by atoms with Gasteiger partial charge in [0.15, 0.2) is 0 Å². The third-order valence-corrected chi connectivity index (χ3v) is 4.68. The number of amides is 1. The van der Waals surface area contributed by atoms with Crippen LogP contribution in [0.1, 0.15) is 28.6 Å². The van der Waals surface area contributed by atoms with Crippen molar-refractivity contribution in [3.63, 3.8) is 0 Å². The molecule has 2 aromatic carbocycles. The first-order chi connectivity index (χ1) is 12.6. The molecular formula is C21H19N3O2. The van der Waals surface area contributed by atoms with E-state index < -0.39 is 0 Å². The number of fused-ring (bicyclic) bond motifs is 3. The van der Waals surface area contributed by atoms with Crippen LogP contribution in [0.25, 0.3) is 11.1 Å². The molecule has 26 heavy (non-hydrogen) atoms. The van der Waals surface area contributed by atoms with Crippen LogP contribution in [-0.4, -0.2) is 22.4 Å². The van der Waals surface area contributed by atoms with Gasteiger partial charge in [0.25, 0.3) is 5.56 Å². The topological polar surface area (TPSA) is 74.8 Å². The number of aryl methyl sites for hydroxylation is 1. The van der Waals surface area contributed by atoms with Crippen molar-refractivity contribution in [2.24, 2.45) is 0 Å². The zero-order valence-electron chi connectivity index (χ0n) is 14.5. The van der Waals surface area contributed by atoms with Gasteiger partial charge in [-0.1, -0.05) is 48.5 Å². The lowest BCUT2D eigenvalue weighted by Crippen LogP contribution is -2.31. The second-order valence-electron chi connectivity index (χ2n) is 6.48. The number of aromatic amines is 1. The van der Waals surface area contributed by atoms with Gasteiger partial charge in [0, 0.05) is 24.7 Å².